The van der Waals surface area contributed by atoms with Crippen LogP contribution in [0.4, 0.5) is 0 Å². The van der Waals surface area contributed by atoms with E-state index in [2.05, 4.69) is 43.1 Å². The van der Waals surface area contributed by atoms with Crippen LogP contribution in [-0.2, 0) is 6.54 Å². The predicted octanol–water partition coefficient (Wildman–Crippen LogP) is 2.00. The number of rotatable bonds is 4. The maximum absolute atomic E-state index is 6.45. The van der Waals surface area contributed by atoms with Gasteiger partial charge in [0.25, 0.3) is 0 Å². The van der Waals surface area contributed by atoms with Crippen molar-refractivity contribution in [1.29, 1.82) is 0 Å². The first-order valence-electron chi connectivity index (χ1n) is 9.04. The Bertz CT molecular complexity index is 839. The summed E-state index contributed by atoms with van der Waals surface area (Å²) in [4.78, 5) is 11.1. The van der Waals surface area contributed by atoms with Crippen LogP contribution >= 0.6 is 11.6 Å². The van der Waals surface area contributed by atoms with E-state index in [9.17, 15) is 0 Å². The minimum absolute atomic E-state index is 0.641. The summed E-state index contributed by atoms with van der Waals surface area (Å²) in [5.41, 5.74) is 5.07. The van der Waals surface area contributed by atoms with Crippen molar-refractivity contribution in [1.82, 2.24) is 30.8 Å². The quantitative estimate of drug-likeness (QED) is 0.765. The van der Waals surface area contributed by atoms with Crippen molar-refractivity contribution in [2.24, 2.45) is 0 Å². The summed E-state index contributed by atoms with van der Waals surface area (Å²) in [6.45, 7) is 5.70. The van der Waals surface area contributed by atoms with E-state index in [1.807, 2.05) is 12.1 Å². The maximum Gasteiger partial charge on any atom is 0.0901 e. The molecule has 0 spiro atoms. The molecule has 2 aromatic rings. The number of fused-ring (bicyclic) bond motifs is 1. The maximum atomic E-state index is 6.45. The van der Waals surface area contributed by atoms with E-state index in [1.165, 1.54) is 5.70 Å². The second kappa shape index (κ2) is 7.93. The summed E-state index contributed by atoms with van der Waals surface area (Å²) in [7, 11) is 0. The molecule has 2 aliphatic heterocycles. The lowest BCUT2D eigenvalue weighted by Crippen LogP contribution is -2.34. The normalized spacial score (nSPS) is 18.0. The van der Waals surface area contributed by atoms with Gasteiger partial charge in [-0.15, -0.1) is 0 Å². The highest BCUT2D eigenvalue weighted by molar-refractivity contribution is 6.32. The third kappa shape index (κ3) is 3.76. The van der Waals surface area contributed by atoms with Gasteiger partial charge in [0, 0.05) is 56.3 Å². The Morgan fingerprint density at radius 2 is 1.96 bits per heavy atom. The Hall–Kier alpha value is -2.31. The van der Waals surface area contributed by atoms with Crippen LogP contribution < -0.4 is 16.0 Å². The highest BCUT2D eigenvalue weighted by Crippen LogP contribution is 2.23. The van der Waals surface area contributed by atoms with Crippen molar-refractivity contribution in [2.45, 2.75) is 13.0 Å². The van der Waals surface area contributed by atoms with Crippen LogP contribution in [0.3, 0.4) is 0 Å². The van der Waals surface area contributed by atoms with Gasteiger partial charge in [-0.3, -0.25) is 9.97 Å². The summed E-state index contributed by atoms with van der Waals surface area (Å²) in [6, 6.07) is 3.89. The second-order valence-corrected chi connectivity index (χ2v) is 6.90. The van der Waals surface area contributed by atoms with Crippen LogP contribution in [0.2, 0.25) is 5.02 Å². The SMILES string of the molecule is Clc1cc2nccnc2cc1CNC1=CNCC=C1N1CCCNCC1. The molecule has 6 nitrogen and oxygen atoms in total. The van der Waals surface area contributed by atoms with E-state index < -0.39 is 0 Å². The molecule has 1 fully saturated rings. The van der Waals surface area contributed by atoms with E-state index >= 15 is 0 Å². The first kappa shape index (κ1) is 17.1. The molecule has 3 N–H and O–H groups in total. The van der Waals surface area contributed by atoms with Gasteiger partial charge in [0.15, 0.2) is 0 Å². The van der Waals surface area contributed by atoms with Gasteiger partial charge >= 0.3 is 0 Å². The molecule has 0 amide bonds. The van der Waals surface area contributed by atoms with Crippen molar-refractivity contribution >= 4 is 22.6 Å². The monoisotopic (exact) mass is 370 g/mol. The number of hydrogen-bond acceptors (Lipinski definition) is 6. The fourth-order valence-electron chi connectivity index (χ4n) is 3.38. The second-order valence-electron chi connectivity index (χ2n) is 6.49. The molecular formula is C19H23ClN6. The number of nitrogens with zero attached hydrogens (tertiary/aromatic N) is 3. The van der Waals surface area contributed by atoms with Gasteiger partial charge in [-0.2, -0.15) is 0 Å². The molecule has 3 heterocycles. The lowest BCUT2D eigenvalue weighted by Gasteiger charge is -2.30. The number of benzene rings is 1. The fraction of sp³-hybridized carbons (Fsp3) is 0.368. The van der Waals surface area contributed by atoms with Crippen LogP contribution in [0.1, 0.15) is 12.0 Å². The largest absolute Gasteiger partial charge is 0.386 e. The highest BCUT2D eigenvalue weighted by Gasteiger charge is 2.18. The average molecular weight is 371 g/mol. The zero-order valence-electron chi connectivity index (χ0n) is 14.6. The van der Waals surface area contributed by atoms with Crippen molar-refractivity contribution in [3.05, 3.63) is 58.8 Å². The summed E-state index contributed by atoms with van der Waals surface area (Å²) < 4.78 is 0. The Morgan fingerprint density at radius 1 is 1.12 bits per heavy atom. The minimum Gasteiger partial charge on any atom is -0.386 e. The molecule has 136 valence electrons. The zero-order chi connectivity index (χ0) is 17.8. The van der Waals surface area contributed by atoms with Gasteiger partial charge < -0.3 is 20.9 Å². The molecule has 0 radical (unpaired) electrons. The Balaban J connectivity index is 1.50. The van der Waals surface area contributed by atoms with E-state index in [0.717, 1.165) is 61.4 Å². The van der Waals surface area contributed by atoms with E-state index in [4.69, 9.17) is 11.6 Å². The van der Waals surface area contributed by atoms with Crippen molar-refractivity contribution in [2.75, 3.05) is 32.7 Å². The predicted molar refractivity (Wildman–Crippen MR) is 105 cm³/mol. The molecule has 0 unspecified atom stereocenters. The molecule has 1 aromatic carbocycles. The summed E-state index contributed by atoms with van der Waals surface area (Å²) in [5.74, 6) is 0. The van der Waals surface area contributed by atoms with Gasteiger partial charge in [-0.1, -0.05) is 11.6 Å². The average Bonchev–Trinajstić information content (AvgIpc) is 2.96. The highest BCUT2D eigenvalue weighted by atomic mass is 35.5. The van der Waals surface area contributed by atoms with Crippen LogP contribution in [0.25, 0.3) is 11.0 Å². The van der Waals surface area contributed by atoms with Crippen LogP contribution in [0.5, 0.6) is 0 Å². The summed E-state index contributed by atoms with van der Waals surface area (Å²) in [5, 5.41) is 11.0. The standard InChI is InChI=1S/C19H23ClN6/c20-15-11-17-16(23-5-6-24-17)10-14(15)12-25-18-13-22-4-2-19(18)26-8-1-3-21-7-9-26/h2,5-6,10-11,13,21-22,25H,1,3-4,7-9,12H2. The Labute approximate surface area is 158 Å². The molecule has 4 rings (SSSR count). The molecule has 0 bridgehead atoms. The van der Waals surface area contributed by atoms with Crippen molar-refractivity contribution < 1.29 is 0 Å². The lowest BCUT2D eigenvalue weighted by atomic mass is 10.1. The molecular weight excluding hydrogens is 348 g/mol. The lowest BCUT2D eigenvalue weighted by molar-refractivity contribution is 0.365. The van der Waals surface area contributed by atoms with Crippen LogP contribution in [0, 0.1) is 0 Å². The topological polar surface area (TPSA) is 65.1 Å². The number of nitrogens with one attached hydrogen (secondary N) is 3. The van der Waals surface area contributed by atoms with Crippen LogP contribution in [-0.4, -0.2) is 47.6 Å². The number of dihydropyridines is 1. The van der Waals surface area contributed by atoms with Gasteiger partial charge in [0.2, 0.25) is 0 Å². The summed E-state index contributed by atoms with van der Waals surface area (Å²) >= 11 is 6.45. The molecule has 0 atom stereocenters. The van der Waals surface area contributed by atoms with Gasteiger partial charge in [-0.05, 0) is 36.7 Å². The fourth-order valence-corrected chi connectivity index (χ4v) is 3.61. The van der Waals surface area contributed by atoms with Crippen LogP contribution in [0.15, 0.2) is 48.2 Å². The van der Waals surface area contributed by atoms with E-state index in [-0.39, 0.29) is 0 Å². The third-order valence-electron chi connectivity index (χ3n) is 4.72. The number of aromatic nitrogens is 2. The van der Waals surface area contributed by atoms with Gasteiger partial charge in [0.05, 0.1) is 22.4 Å². The van der Waals surface area contributed by atoms with Gasteiger partial charge in [0.1, 0.15) is 0 Å². The smallest absolute Gasteiger partial charge is 0.0901 e. The first-order valence-corrected chi connectivity index (χ1v) is 9.42. The molecule has 7 heteroatoms. The molecule has 1 saturated heterocycles. The molecule has 2 aliphatic rings. The zero-order valence-corrected chi connectivity index (χ0v) is 15.4. The van der Waals surface area contributed by atoms with Crippen molar-refractivity contribution in [3.63, 3.8) is 0 Å². The molecule has 1 aromatic heterocycles. The first-order chi connectivity index (χ1) is 12.8. The molecule has 0 aliphatic carbocycles. The third-order valence-corrected chi connectivity index (χ3v) is 5.08. The Kier molecular flexibility index (Phi) is 5.22. The van der Waals surface area contributed by atoms with Crippen molar-refractivity contribution in [3.8, 4) is 0 Å². The van der Waals surface area contributed by atoms with Gasteiger partial charge in [-0.25, -0.2) is 0 Å². The molecule has 0 saturated carbocycles. The minimum atomic E-state index is 0.641. The Morgan fingerprint density at radius 3 is 2.85 bits per heavy atom. The number of hydrogen-bond donors (Lipinski definition) is 3. The number of halogens is 1. The molecule has 26 heavy (non-hydrogen) atoms. The van der Waals surface area contributed by atoms with E-state index in [1.54, 1.807) is 12.4 Å². The summed E-state index contributed by atoms with van der Waals surface area (Å²) in [6.07, 6.45) is 8.86. The van der Waals surface area contributed by atoms with E-state index in [0.29, 0.717) is 11.6 Å².